The van der Waals surface area contributed by atoms with Crippen LogP contribution in [0.5, 0.6) is 0 Å². The molecule has 0 aliphatic heterocycles. The first kappa shape index (κ1) is 27.2. The molecular weight excluding hydrogens is 403 g/mol. The van der Waals surface area contributed by atoms with Crippen LogP contribution in [0.15, 0.2) is 54.7 Å². The SMILES string of the molecule is CC[O-].CC[O-].CC[O-].[Zr+4].[c-]1cccc(C2=CC=CC2)c1C1=CC=CC1. The van der Waals surface area contributed by atoms with Gasteiger partial charge in [0.15, 0.2) is 0 Å². The maximum absolute atomic E-state index is 8.93. The minimum absolute atomic E-state index is 0. The maximum Gasteiger partial charge on any atom is 4.00 e. The van der Waals surface area contributed by atoms with E-state index in [1.54, 1.807) is 20.8 Å². The number of hydrogen-bond acceptors (Lipinski definition) is 3. The van der Waals surface area contributed by atoms with Crippen molar-refractivity contribution in [3.05, 3.63) is 71.8 Å². The van der Waals surface area contributed by atoms with E-state index in [0.29, 0.717) is 0 Å². The molecule has 1 aromatic rings. The van der Waals surface area contributed by atoms with E-state index in [2.05, 4.69) is 54.7 Å². The number of rotatable bonds is 2. The first-order valence-electron chi connectivity index (χ1n) is 8.67. The zero-order chi connectivity index (χ0) is 18.9. The van der Waals surface area contributed by atoms with Gasteiger partial charge in [-0.2, -0.15) is 0 Å². The van der Waals surface area contributed by atoms with Gasteiger partial charge in [-0.1, -0.05) is 56.7 Å². The Balaban J connectivity index is 0. The van der Waals surface area contributed by atoms with Gasteiger partial charge in [-0.25, -0.2) is 0 Å². The van der Waals surface area contributed by atoms with Gasteiger partial charge in [0.25, 0.3) is 0 Å². The molecule has 0 fully saturated rings. The van der Waals surface area contributed by atoms with Crippen molar-refractivity contribution in [3.8, 4) is 0 Å². The second kappa shape index (κ2) is 18.7. The summed E-state index contributed by atoms with van der Waals surface area (Å²) in [5.74, 6) is 0. The predicted octanol–water partition coefficient (Wildman–Crippen LogP) is 2.27. The summed E-state index contributed by atoms with van der Waals surface area (Å²) in [6.45, 7) is 4.71. The van der Waals surface area contributed by atoms with Gasteiger partial charge in [0.1, 0.15) is 0 Å². The van der Waals surface area contributed by atoms with E-state index in [9.17, 15) is 0 Å². The van der Waals surface area contributed by atoms with Crippen LogP contribution < -0.4 is 15.3 Å². The summed E-state index contributed by atoms with van der Waals surface area (Å²) in [6.07, 6.45) is 15.1. The predicted molar refractivity (Wildman–Crippen MR) is 100 cm³/mol. The van der Waals surface area contributed by atoms with Crippen LogP contribution in [-0.2, 0) is 26.2 Å². The van der Waals surface area contributed by atoms with E-state index in [0.717, 1.165) is 12.8 Å². The molecule has 0 heterocycles. The van der Waals surface area contributed by atoms with Crippen molar-refractivity contribution in [2.75, 3.05) is 19.8 Å². The molecule has 0 saturated carbocycles. The van der Waals surface area contributed by atoms with Gasteiger partial charge < -0.3 is 15.3 Å². The Labute approximate surface area is 177 Å². The average molecular weight is 432 g/mol. The minimum atomic E-state index is 0. The fourth-order valence-corrected chi connectivity index (χ4v) is 2.25. The summed E-state index contributed by atoms with van der Waals surface area (Å²) in [6, 6.07) is 9.65. The van der Waals surface area contributed by atoms with E-state index >= 15 is 0 Å². The van der Waals surface area contributed by atoms with E-state index in [1.807, 2.05) is 6.07 Å². The third-order valence-corrected chi connectivity index (χ3v) is 3.07. The van der Waals surface area contributed by atoms with E-state index in [1.165, 1.54) is 22.3 Å². The van der Waals surface area contributed by atoms with Crippen LogP contribution in [0.1, 0.15) is 44.7 Å². The molecule has 1 aromatic carbocycles. The molecule has 0 N–H and O–H groups in total. The quantitative estimate of drug-likeness (QED) is 0.675. The third kappa shape index (κ3) is 10.8. The molecule has 0 saturated heterocycles. The fourth-order valence-electron chi connectivity index (χ4n) is 2.25. The van der Waals surface area contributed by atoms with E-state index < -0.39 is 0 Å². The first-order valence-corrected chi connectivity index (χ1v) is 8.67. The summed E-state index contributed by atoms with van der Waals surface area (Å²) in [5.41, 5.74) is 5.38. The zero-order valence-corrected chi connectivity index (χ0v) is 18.4. The molecule has 4 heteroatoms. The molecule has 3 nitrogen and oxygen atoms in total. The fraction of sp³-hybridized carbons (Fsp3) is 0.364. The normalized spacial score (nSPS) is 13.0. The molecule has 0 bridgehead atoms. The van der Waals surface area contributed by atoms with Gasteiger partial charge >= 0.3 is 26.2 Å². The largest absolute Gasteiger partial charge is 4.00 e. The van der Waals surface area contributed by atoms with Gasteiger partial charge in [-0.3, -0.25) is 0 Å². The van der Waals surface area contributed by atoms with Gasteiger partial charge in [-0.05, 0) is 12.8 Å². The van der Waals surface area contributed by atoms with Gasteiger partial charge in [0, 0.05) is 0 Å². The Bertz CT molecular complexity index is 533. The molecule has 2 aliphatic rings. The topological polar surface area (TPSA) is 69.2 Å². The van der Waals surface area contributed by atoms with Crippen LogP contribution in [0.4, 0.5) is 0 Å². The Kier molecular flexibility index (Phi) is 19.6. The summed E-state index contributed by atoms with van der Waals surface area (Å²) in [4.78, 5) is 0. The molecule has 138 valence electrons. The molecular formula is C22H28O3Zr. The Morgan fingerprint density at radius 3 is 1.73 bits per heavy atom. The van der Waals surface area contributed by atoms with Crippen molar-refractivity contribution in [1.29, 1.82) is 0 Å². The summed E-state index contributed by atoms with van der Waals surface area (Å²) in [7, 11) is 0. The Hall–Kier alpha value is -1.06. The molecule has 0 unspecified atom stereocenters. The second-order valence-corrected chi connectivity index (χ2v) is 4.97. The third-order valence-electron chi connectivity index (χ3n) is 3.07. The van der Waals surface area contributed by atoms with E-state index in [-0.39, 0.29) is 46.0 Å². The van der Waals surface area contributed by atoms with Crippen LogP contribution in [0.25, 0.3) is 11.1 Å². The monoisotopic (exact) mass is 430 g/mol. The van der Waals surface area contributed by atoms with Gasteiger partial charge in [-0.15, -0.1) is 66.9 Å². The molecule has 0 spiro atoms. The average Bonchev–Trinajstić information content (AvgIpc) is 3.31. The van der Waals surface area contributed by atoms with Crippen molar-refractivity contribution in [2.45, 2.75) is 33.6 Å². The van der Waals surface area contributed by atoms with Gasteiger partial charge in [0.2, 0.25) is 0 Å². The van der Waals surface area contributed by atoms with Crippen LogP contribution >= 0.6 is 0 Å². The maximum atomic E-state index is 8.93. The standard InChI is InChI=1S/C16H13.3C2H5O.Zr/c1-2-8-13(7-1)15-11-5-6-12-16(15)14-9-3-4-10-14;3*1-2-3;/h1-7,9,11H,8,10H2;3*2H2,1H3;/q4*-1;+4. The second-order valence-electron chi connectivity index (χ2n) is 4.97. The van der Waals surface area contributed by atoms with Gasteiger partial charge in [0.05, 0.1) is 0 Å². The number of benzene rings is 1. The molecule has 0 atom stereocenters. The van der Waals surface area contributed by atoms with Crippen LogP contribution in [0.2, 0.25) is 0 Å². The summed E-state index contributed by atoms with van der Waals surface area (Å²) < 4.78 is 0. The zero-order valence-electron chi connectivity index (χ0n) is 16.0. The van der Waals surface area contributed by atoms with Crippen molar-refractivity contribution < 1.29 is 41.5 Å². The molecule has 26 heavy (non-hydrogen) atoms. The van der Waals surface area contributed by atoms with Crippen molar-refractivity contribution >= 4 is 11.1 Å². The van der Waals surface area contributed by atoms with Crippen molar-refractivity contribution in [2.24, 2.45) is 0 Å². The number of allylic oxidation sites excluding steroid dienone is 8. The van der Waals surface area contributed by atoms with Crippen molar-refractivity contribution in [1.82, 2.24) is 0 Å². The summed E-state index contributed by atoms with van der Waals surface area (Å²) in [5, 5.41) is 26.8. The molecule has 3 rings (SSSR count). The minimum Gasteiger partial charge on any atom is -0.855 e. The smallest absolute Gasteiger partial charge is 0.855 e. The van der Waals surface area contributed by atoms with Crippen LogP contribution in [-0.4, -0.2) is 19.8 Å². The Morgan fingerprint density at radius 1 is 0.846 bits per heavy atom. The number of hydrogen-bond donors (Lipinski definition) is 0. The first-order chi connectivity index (χ1) is 12.2. The summed E-state index contributed by atoms with van der Waals surface area (Å²) >= 11 is 0. The Morgan fingerprint density at radius 2 is 1.31 bits per heavy atom. The van der Waals surface area contributed by atoms with Crippen LogP contribution in [0.3, 0.4) is 0 Å². The molecule has 0 radical (unpaired) electrons. The molecule has 2 aliphatic carbocycles. The van der Waals surface area contributed by atoms with Crippen molar-refractivity contribution in [3.63, 3.8) is 0 Å². The van der Waals surface area contributed by atoms with E-state index in [4.69, 9.17) is 15.3 Å². The van der Waals surface area contributed by atoms with Crippen LogP contribution in [0, 0.1) is 6.07 Å². The molecule has 0 amide bonds. The molecule has 0 aromatic heterocycles.